The van der Waals surface area contributed by atoms with Gasteiger partial charge in [0.25, 0.3) is 0 Å². The number of Topliss-reactive ketones (excluding diaryl/α,β-unsaturated/α-hetero) is 1. The fraction of sp³-hybridized carbons (Fsp3) is 0.615. The van der Waals surface area contributed by atoms with E-state index in [2.05, 4.69) is 19.1 Å². The molecule has 0 heterocycles. The predicted octanol–water partition coefficient (Wildman–Crippen LogP) is 5.18. The standard InChI is InChI=1S/C26H36O5/c1-16(15-31-25(28)26(2,3)4)23-21(11-10-17-8-7-9-22(27)24(17)23)18-12-19(29-5)14-20(13-18)30-6/h10-14,16-17,21,23-24H,7-9,15H2,1-6H3/t16-,17-,21-,23-,24+/m0/s1. The number of hydrogen-bond donors (Lipinski definition) is 0. The molecule has 5 atom stereocenters. The number of hydrogen-bond acceptors (Lipinski definition) is 5. The Bertz CT molecular complexity index is 812. The Morgan fingerprint density at radius 1 is 1.10 bits per heavy atom. The van der Waals surface area contributed by atoms with Gasteiger partial charge in [-0.1, -0.05) is 19.1 Å². The molecule has 31 heavy (non-hydrogen) atoms. The lowest BCUT2D eigenvalue weighted by Crippen LogP contribution is -2.43. The molecule has 0 unspecified atom stereocenters. The van der Waals surface area contributed by atoms with Gasteiger partial charge in [0, 0.05) is 24.3 Å². The summed E-state index contributed by atoms with van der Waals surface area (Å²) in [5.41, 5.74) is 0.512. The lowest BCUT2D eigenvalue weighted by molar-refractivity contribution is -0.155. The Morgan fingerprint density at radius 2 is 1.74 bits per heavy atom. The molecule has 0 spiro atoms. The number of carbonyl (C=O) groups is 2. The minimum Gasteiger partial charge on any atom is -0.497 e. The van der Waals surface area contributed by atoms with Gasteiger partial charge < -0.3 is 14.2 Å². The molecule has 1 aromatic rings. The summed E-state index contributed by atoms with van der Waals surface area (Å²) in [6.45, 7) is 7.98. The van der Waals surface area contributed by atoms with Gasteiger partial charge in [-0.15, -0.1) is 0 Å². The molecule has 0 radical (unpaired) electrons. The molecule has 5 heteroatoms. The van der Waals surface area contributed by atoms with E-state index in [1.807, 2.05) is 39.0 Å². The van der Waals surface area contributed by atoms with Crippen molar-refractivity contribution in [2.45, 2.75) is 52.9 Å². The summed E-state index contributed by atoms with van der Waals surface area (Å²) in [5, 5.41) is 0. The molecule has 0 amide bonds. The Labute approximate surface area is 186 Å². The molecule has 1 aromatic carbocycles. The van der Waals surface area contributed by atoms with Crippen LogP contribution in [-0.2, 0) is 14.3 Å². The minimum atomic E-state index is -0.547. The summed E-state index contributed by atoms with van der Waals surface area (Å²) >= 11 is 0. The third-order valence-corrected chi connectivity index (χ3v) is 6.69. The van der Waals surface area contributed by atoms with Crippen LogP contribution >= 0.6 is 0 Å². The van der Waals surface area contributed by atoms with Crippen LogP contribution in [0.4, 0.5) is 0 Å². The molecule has 0 aromatic heterocycles. The van der Waals surface area contributed by atoms with E-state index in [0.717, 1.165) is 29.9 Å². The number of allylic oxidation sites excluding steroid dienone is 2. The first-order valence-corrected chi connectivity index (χ1v) is 11.3. The first-order valence-electron chi connectivity index (χ1n) is 11.3. The van der Waals surface area contributed by atoms with Crippen molar-refractivity contribution in [3.05, 3.63) is 35.9 Å². The predicted molar refractivity (Wildman–Crippen MR) is 120 cm³/mol. The molecule has 0 aliphatic heterocycles. The lowest BCUT2D eigenvalue weighted by atomic mass is 9.59. The van der Waals surface area contributed by atoms with Gasteiger partial charge >= 0.3 is 5.97 Å². The average molecular weight is 429 g/mol. The number of rotatable bonds is 6. The van der Waals surface area contributed by atoms with E-state index >= 15 is 0 Å². The smallest absolute Gasteiger partial charge is 0.311 e. The zero-order chi connectivity index (χ0) is 22.8. The number of carbonyl (C=O) groups excluding carboxylic acids is 2. The van der Waals surface area contributed by atoms with Crippen LogP contribution in [0.15, 0.2) is 30.4 Å². The van der Waals surface area contributed by atoms with E-state index in [-0.39, 0.29) is 35.6 Å². The second-order valence-corrected chi connectivity index (χ2v) is 10.0. The number of benzene rings is 1. The van der Waals surface area contributed by atoms with Gasteiger partial charge in [-0.2, -0.15) is 0 Å². The zero-order valence-corrected chi connectivity index (χ0v) is 19.6. The van der Waals surface area contributed by atoms with E-state index in [9.17, 15) is 9.59 Å². The van der Waals surface area contributed by atoms with Crippen LogP contribution in [0.25, 0.3) is 0 Å². The van der Waals surface area contributed by atoms with E-state index in [1.54, 1.807) is 14.2 Å². The summed E-state index contributed by atoms with van der Waals surface area (Å²) in [6, 6.07) is 5.90. The fourth-order valence-corrected chi connectivity index (χ4v) is 5.02. The van der Waals surface area contributed by atoms with Crippen molar-refractivity contribution in [3.8, 4) is 11.5 Å². The average Bonchev–Trinajstić information content (AvgIpc) is 2.75. The van der Waals surface area contributed by atoms with E-state index < -0.39 is 5.41 Å². The highest BCUT2D eigenvalue weighted by Gasteiger charge is 2.45. The van der Waals surface area contributed by atoms with Crippen molar-refractivity contribution in [2.75, 3.05) is 20.8 Å². The maximum atomic E-state index is 13.1. The molecule has 0 bridgehead atoms. The third-order valence-electron chi connectivity index (χ3n) is 6.69. The lowest BCUT2D eigenvalue weighted by Gasteiger charge is -2.44. The van der Waals surface area contributed by atoms with Crippen molar-refractivity contribution in [1.82, 2.24) is 0 Å². The first kappa shape index (κ1) is 23.4. The highest BCUT2D eigenvalue weighted by molar-refractivity contribution is 5.83. The first-order chi connectivity index (χ1) is 14.7. The van der Waals surface area contributed by atoms with Gasteiger partial charge in [-0.3, -0.25) is 9.59 Å². The summed E-state index contributed by atoms with van der Waals surface area (Å²) in [7, 11) is 3.28. The Balaban J connectivity index is 1.96. The monoisotopic (exact) mass is 428 g/mol. The second-order valence-electron chi connectivity index (χ2n) is 10.0. The molecule has 2 aliphatic carbocycles. The van der Waals surface area contributed by atoms with Crippen LogP contribution in [-0.4, -0.2) is 32.6 Å². The van der Waals surface area contributed by atoms with Crippen molar-refractivity contribution < 1.29 is 23.8 Å². The van der Waals surface area contributed by atoms with Gasteiger partial charge in [0.2, 0.25) is 0 Å². The van der Waals surface area contributed by atoms with Gasteiger partial charge in [0.1, 0.15) is 17.3 Å². The highest BCUT2D eigenvalue weighted by Crippen LogP contribution is 2.49. The SMILES string of the molecule is COc1cc(OC)cc([C@@H]2C=C[C@@H]3CCCC(=O)[C@@H]3[C@H]2[C@@H](C)COC(=O)C(C)(C)C)c1. The Kier molecular flexibility index (Phi) is 7.13. The third kappa shape index (κ3) is 5.13. The quantitative estimate of drug-likeness (QED) is 0.461. The molecular weight excluding hydrogens is 392 g/mol. The Morgan fingerprint density at radius 3 is 2.32 bits per heavy atom. The summed E-state index contributed by atoms with van der Waals surface area (Å²) in [6.07, 6.45) is 7.08. The van der Waals surface area contributed by atoms with Crippen molar-refractivity contribution in [2.24, 2.45) is 29.1 Å². The van der Waals surface area contributed by atoms with Gasteiger partial charge in [-0.25, -0.2) is 0 Å². The van der Waals surface area contributed by atoms with Crippen LogP contribution in [0.5, 0.6) is 11.5 Å². The van der Waals surface area contributed by atoms with E-state index in [1.165, 1.54) is 0 Å². The summed E-state index contributed by atoms with van der Waals surface area (Å²) in [4.78, 5) is 25.5. The molecule has 170 valence electrons. The molecule has 5 nitrogen and oxygen atoms in total. The number of esters is 1. The molecule has 1 saturated carbocycles. The Hall–Kier alpha value is -2.30. The summed E-state index contributed by atoms with van der Waals surface area (Å²) < 4.78 is 16.7. The van der Waals surface area contributed by atoms with Crippen molar-refractivity contribution >= 4 is 11.8 Å². The molecular formula is C26H36O5. The summed E-state index contributed by atoms with van der Waals surface area (Å²) in [5.74, 6) is 1.89. The molecule has 1 fully saturated rings. The molecule has 0 saturated heterocycles. The second kappa shape index (κ2) is 9.46. The van der Waals surface area contributed by atoms with E-state index in [4.69, 9.17) is 14.2 Å². The fourth-order valence-electron chi connectivity index (χ4n) is 5.02. The maximum Gasteiger partial charge on any atom is 0.311 e. The minimum absolute atomic E-state index is 0.0237. The van der Waals surface area contributed by atoms with Gasteiger partial charge in [-0.05, 0) is 69.1 Å². The topological polar surface area (TPSA) is 61.8 Å². The van der Waals surface area contributed by atoms with Gasteiger partial charge in [0.05, 0.1) is 26.2 Å². The van der Waals surface area contributed by atoms with Crippen molar-refractivity contribution in [3.63, 3.8) is 0 Å². The largest absolute Gasteiger partial charge is 0.497 e. The maximum absolute atomic E-state index is 13.1. The number of fused-ring (bicyclic) bond motifs is 1. The highest BCUT2D eigenvalue weighted by atomic mass is 16.5. The van der Waals surface area contributed by atoms with Crippen LogP contribution < -0.4 is 9.47 Å². The normalized spacial score (nSPS) is 26.7. The number of ether oxygens (including phenoxy) is 3. The number of methoxy groups -OCH3 is 2. The van der Waals surface area contributed by atoms with Crippen LogP contribution in [0.2, 0.25) is 0 Å². The molecule has 2 aliphatic rings. The van der Waals surface area contributed by atoms with E-state index in [0.29, 0.717) is 18.8 Å². The van der Waals surface area contributed by atoms with Gasteiger partial charge in [0.15, 0.2) is 0 Å². The van der Waals surface area contributed by atoms with Crippen LogP contribution in [0.3, 0.4) is 0 Å². The van der Waals surface area contributed by atoms with Crippen molar-refractivity contribution in [1.29, 1.82) is 0 Å². The number of ketones is 1. The van der Waals surface area contributed by atoms with Crippen LogP contribution in [0, 0.1) is 29.1 Å². The van der Waals surface area contributed by atoms with Crippen LogP contribution in [0.1, 0.15) is 58.4 Å². The zero-order valence-electron chi connectivity index (χ0n) is 19.6. The molecule has 3 rings (SSSR count). The molecule has 0 N–H and O–H groups in total.